The van der Waals surface area contributed by atoms with Crippen molar-refractivity contribution in [2.45, 2.75) is 0 Å². The standard InChI is InChI=1S/C15H11FN2O3/c1-21-12-7-3-6-11-13(12)14(19)18(15(20)17-11)10-5-2-4-9(16)8-10/h2-8H,1H3,(H,17,20). The number of aromatic nitrogens is 2. The topological polar surface area (TPSA) is 64.1 Å². The third kappa shape index (κ3) is 2.10. The molecule has 6 heteroatoms. The summed E-state index contributed by atoms with van der Waals surface area (Å²) in [6.45, 7) is 0. The van der Waals surface area contributed by atoms with Gasteiger partial charge in [-0.2, -0.15) is 0 Å². The minimum atomic E-state index is -0.633. The lowest BCUT2D eigenvalue weighted by molar-refractivity contribution is 0.419. The lowest BCUT2D eigenvalue weighted by Gasteiger charge is -2.09. The van der Waals surface area contributed by atoms with Gasteiger partial charge in [-0.15, -0.1) is 0 Å². The summed E-state index contributed by atoms with van der Waals surface area (Å²) >= 11 is 0. The molecule has 0 amide bonds. The number of halogens is 1. The molecule has 0 unspecified atom stereocenters. The fraction of sp³-hybridized carbons (Fsp3) is 0.0667. The molecule has 0 spiro atoms. The second kappa shape index (κ2) is 4.90. The number of benzene rings is 2. The van der Waals surface area contributed by atoms with Gasteiger partial charge < -0.3 is 9.72 Å². The smallest absolute Gasteiger partial charge is 0.333 e. The number of hydrogen-bond donors (Lipinski definition) is 1. The molecule has 2 aromatic carbocycles. The summed E-state index contributed by atoms with van der Waals surface area (Å²) in [5, 5.41) is 0.240. The van der Waals surface area contributed by atoms with Crippen LogP contribution in [0.5, 0.6) is 5.75 Å². The van der Waals surface area contributed by atoms with Crippen LogP contribution in [0.15, 0.2) is 52.1 Å². The van der Waals surface area contributed by atoms with Crippen molar-refractivity contribution in [3.05, 3.63) is 69.1 Å². The first-order chi connectivity index (χ1) is 10.1. The summed E-state index contributed by atoms with van der Waals surface area (Å²) in [4.78, 5) is 27.3. The summed E-state index contributed by atoms with van der Waals surface area (Å²) in [6.07, 6.45) is 0. The molecule has 0 aliphatic heterocycles. The monoisotopic (exact) mass is 286 g/mol. The Morgan fingerprint density at radius 2 is 1.90 bits per heavy atom. The third-order valence-electron chi connectivity index (χ3n) is 3.17. The molecule has 0 radical (unpaired) electrons. The number of fused-ring (bicyclic) bond motifs is 1. The quantitative estimate of drug-likeness (QED) is 0.781. The van der Waals surface area contributed by atoms with Crippen molar-refractivity contribution in [1.29, 1.82) is 0 Å². The molecule has 1 heterocycles. The van der Waals surface area contributed by atoms with Crippen LogP contribution in [-0.4, -0.2) is 16.7 Å². The highest BCUT2D eigenvalue weighted by molar-refractivity contribution is 5.84. The van der Waals surface area contributed by atoms with Crippen LogP contribution in [0.25, 0.3) is 16.6 Å². The average Bonchev–Trinajstić information content (AvgIpc) is 2.46. The Labute approximate surface area is 118 Å². The number of nitrogens with zero attached hydrogens (tertiary/aromatic N) is 1. The zero-order valence-electron chi connectivity index (χ0n) is 11.1. The van der Waals surface area contributed by atoms with Crippen molar-refractivity contribution in [2.24, 2.45) is 0 Å². The summed E-state index contributed by atoms with van der Waals surface area (Å²) < 4.78 is 19.4. The van der Waals surface area contributed by atoms with Crippen LogP contribution >= 0.6 is 0 Å². The van der Waals surface area contributed by atoms with Gasteiger partial charge in [0.2, 0.25) is 0 Å². The molecule has 0 fully saturated rings. The number of H-pyrrole nitrogens is 1. The largest absolute Gasteiger partial charge is 0.496 e. The Morgan fingerprint density at radius 3 is 2.62 bits per heavy atom. The molecule has 0 saturated heterocycles. The molecule has 3 aromatic rings. The van der Waals surface area contributed by atoms with E-state index >= 15 is 0 Å². The van der Waals surface area contributed by atoms with Crippen LogP contribution in [0.1, 0.15) is 0 Å². The van der Waals surface area contributed by atoms with Gasteiger partial charge in [0.25, 0.3) is 5.56 Å². The van der Waals surface area contributed by atoms with Crippen molar-refractivity contribution in [3.8, 4) is 11.4 Å². The molecule has 0 atom stereocenters. The van der Waals surface area contributed by atoms with Gasteiger partial charge in [0.05, 0.1) is 18.3 Å². The van der Waals surface area contributed by atoms with Crippen LogP contribution in [0.3, 0.4) is 0 Å². The van der Waals surface area contributed by atoms with E-state index in [1.165, 1.54) is 25.3 Å². The zero-order valence-corrected chi connectivity index (χ0v) is 11.1. The van der Waals surface area contributed by atoms with Gasteiger partial charge in [0, 0.05) is 0 Å². The molecule has 21 heavy (non-hydrogen) atoms. The number of rotatable bonds is 2. The van der Waals surface area contributed by atoms with Crippen molar-refractivity contribution < 1.29 is 9.13 Å². The van der Waals surface area contributed by atoms with Gasteiger partial charge in [0.15, 0.2) is 0 Å². The maximum absolute atomic E-state index is 13.3. The van der Waals surface area contributed by atoms with Gasteiger partial charge in [0.1, 0.15) is 17.0 Å². The van der Waals surface area contributed by atoms with Crippen LogP contribution in [0.2, 0.25) is 0 Å². The third-order valence-corrected chi connectivity index (χ3v) is 3.17. The molecule has 1 N–H and O–H groups in total. The predicted octanol–water partition coefficient (Wildman–Crippen LogP) is 1.83. The van der Waals surface area contributed by atoms with E-state index < -0.39 is 17.1 Å². The first-order valence-electron chi connectivity index (χ1n) is 6.20. The highest BCUT2D eigenvalue weighted by atomic mass is 19.1. The normalized spacial score (nSPS) is 10.8. The van der Waals surface area contributed by atoms with Crippen molar-refractivity contribution in [2.75, 3.05) is 7.11 Å². The second-order valence-corrected chi connectivity index (χ2v) is 4.43. The number of aromatic amines is 1. The Morgan fingerprint density at radius 1 is 1.14 bits per heavy atom. The summed E-state index contributed by atoms with van der Waals surface area (Å²) in [7, 11) is 1.44. The number of nitrogens with one attached hydrogen (secondary N) is 1. The number of ether oxygens (including phenoxy) is 1. The van der Waals surface area contributed by atoms with Gasteiger partial charge in [-0.25, -0.2) is 13.8 Å². The maximum Gasteiger partial charge on any atom is 0.333 e. The number of hydrogen-bond acceptors (Lipinski definition) is 3. The molecule has 5 nitrogen and oxygen atoms in total. The van der Waals surface area contributed by atoms with Crippen LogP contribution in [-0.2, 0) is 0 Å². The van der Waals surface area contributed by atoms with Gasteiger partial charge in [-0.05, 0) is 30.3 Å². The van der Waals surface area contributed by atoms with E-state index in [4.69, 9.17) is 4.74 Å². The van der Waals surface area contributed by atoms with E-state index in [1.807, 2.05) is 0 Å². The van der Waals surface area contributed by atoms with E-state index in [1.54, 1.807) is 18.2 Å². The van der Waals surface area contributed by atoms with Crippen molar-refractivity contribution in [1.82, 2.24) is 9.55 Å². The van der Waals surface area contributed by atoms with Crippen LogP contribution < -0.4 is 16.0 Å². The molecule has 106 valence electrons. The molecule has 3 rings (SSSR count). The predicted molar refractivity (Wildman–Crippen MR) is 76.7 cm³/mol. The molecule has 0 saturated carbocycles. The highest BCUT2D eigenvalue weighted by Crippen LogP contribution is 2.19. The van der Waals surface area contributed by atoms with Gasteiger partial charge in [-0.3, -0.25) is 4.79 Å². The summed E-state index contributed by atoms with van der Waals surface area (Å²) in [5.41, 5.74) is -0.658. The highest BCUT2D eigenvalue weighted by Gasteiger charge is 2.13. The van der Waals surface area contributed by atoms with E-state index in [-0.39, 0.29) is 11.1 Å². The average molecular weight is 286 g/mol. The summed E-state index contributed by atoms with van der Waals surface area (Å²) in [6, 6.07) is 10.2. The minimum absolute atomic E-state index is 0.161. The number of methoxy groups -OCH3 is 1. The lowest BCUT2D eigenvalue weighted by Crippen LogP contribution is -2.33. The molecule has 0 aliphatic rings. The van der Waals surface area contributed by atoms with E-state index in [0.29, 0.717) is 11.3 Å². The maximum atomic E-state index is 13.3. The Bertz CT molecular complexity index is 944. The fourth-order valence-corrected chi connectivity index (χ4v) is 2.25. The summed E-state index contributed by atoms with van der Waals surface area (Å²) in [5.74, 6) is -0.183. The van der Waals surface area contributed by atoms with Gasteiger partial charge in [-0.1, -0.05) is 12.1 Å². The van der Waals surface area contributed by atoms with Crippen LogP contribution in [0.4, 0.5) is 4.39 Å². The Kier molecular flexibility index (Phi) is 3.06. The van der Waals surface area contributed by atoms with Crippen molar-refractivity contribution >= 4 is 10.9 Å². The van der Waals surface area contributed by atoms with E-state index in [2.05, 4.69) is 4.98 Å². The first-order valence-corrected chi connectivity index (χ1v) is 6.20. The second-order valence-electron chi connectivity index (χ2n) is 4.43. The minimum Gasteiger partial charge on any atom is -0.496 e. The molecule has 1 aromatic heterocycles. The Hall–Kier alpha value is -2.89. The van der Waals surface area contributed by atoms with Crippen LogP contribution in [0, 0.1) is 5.82 Å². The Balaban J connectivity index is 2.45. The van der Waals surface area contributed by atoms with Gasteiger partial charge >= 0.3 is 5.69 Å². The SMILES string of the molecule is COc1cccc2[nH]c(=O)n(-c3cccc(F)c3)c(=O)c12. The zero-order chi connectivity index (χ0) is 15.0. The first kappa shape index (κ1) is 13.1. The fourth-order valence-electron chi connectivity index (χ4n) is 2.25. The van der Waals surface area contributed by atoms with Crippen molar-refractivity contribution in [3.63, 3.8) is 0 Å². The molecule has 0 bridgehead atoms. The van der Waals surface area contributed by atoms with E-state index in [9.17, 15) is 14.0 Å². The van der Waals surface area contributed by atoms with E-state index in [0.717, 1.165) is 10.6 Å². The molecule has 0 aliphatic carbocycles. The molecular weight excluding hydrogens is 275 g/mol. The lowest BCUT2D eigenvalue weighted by atomic mass is 10.2. The molecular formula is C15H11FN2O3.